The van der Waals surface area contributed by atoms with E-state index >= 15 is 0 Å². The smallest absolute Gasteiger partial charge is 0.254 e. The Morgan fingerprint density at radius 3 is 2.38 bits per heavy atom. The second kappa shape index (κ2) is 6.06. The SMILES string of the molecule is Cc1nn(-c2ccc(C(=O)N(C)C3(C#N)CCC3)cc2)c(C)c1Br. The Morgan fingerprint density at radius 1 is 1.33 bits per heavy atom. The predicted octanol–water partition coefficient (Wildman–Crippen LogP) is 3.77. The zero-order chi connectivity index (χ0) is 17.5. The van der Waals surface area contributed by atoms with Crippen molar-refractivity contribution in [2.75, 3.05) is 7.05 Å². The maximum atomic E-state index is 12.7. The number of aromatic nitrogens is 2. The van der Waals surface area contributed by atoms with Gasteiger partial charge in [-0.2, -0.15) is 10.4 Å². The van der Waals surface area contributed by atoms with Crippen LogP contribution in [0.15, 0.2) is 28.7 Å². The number of nitrogens with zero attached hydrogens (tertiary/aromatic N) is 4. The zero-order valence-corrected chi connectivity index (χ0v) is 15.6. The summed E-state index contributed by atoms with van der Waals surface area (Å²) in [6.45, 7) is 3.94. The van der Waals surface area contributed by atoms with Crippen LogP contribution in [0.25, 0.3) is 5.69 Å². The van der Waals surface area contributed by atoms with Gasteiger partial charge in [-0.1, -0.05) is 0 Å². The highest BCUT2D eigenvalue weighted by Gasteiger charge is 2.43. The number of hydrogen-bond acceptors (Lipinski definition) is 3. The molecule has 6 heteroatoms. The normalized spacial score (nSPS) is 15.5. The first kappa shape index (κ1) is 16.7. The van der Waals surface area contributed by atoms with Gasteiger partial charge in [-0.3, -0.25) is 4.79 Å². The van der Waals surface area contributed by atoms with Crippen LogP contribution in [0.1, 0.15) is 41.0 Å². The highest BCUT2D eigenvalue weighted by molar-refractivity contribution is 9.10. The number of carbonyl (C=O) groups is 1. The molecule has 0 atom stereocenters. The van der Waals surface area contributed by atoms with Crippen LogP contribution in [0.3, 0.4) is 0 Å². The van der Waals surface area contributed by atoms with E-state index in [4.69, 9.17) is 0 Å². The molecule has 124 valence electrons. The van der Waals surface area contributed by atoms with Gasteiger partial charge < -0.3 is 4.90 Å². The van der Waals surface area contributed by atoms with Crippen LogP contribution in [-0.4, -0.2) is 33.2 Å². The predicted molar refractivity (Wildman–Crippen MR) is 95.0 cm³/mol. The van der Waals surface area contributed by atoms with Gasteiger partial charge in [0, 0.05) is 12.6 Å². The van der Waals surface area contributed by atoms with Crippen molar-refractivity contribution >= 4 is 21.8 Å². The maximum absolute atomic E-state index is 12.7. The topological polar surface area (TPSA) is 61.9 Å². The number of amides is 1. The van der Waals surface area contributed by atoms with E-state index in [1.807, 2.05) is 30.7 Å². The van der Waals surface area contributed by atoms with Gasteiger partial charge in [-0.15, -0.1) is 0 Å². The first-order chi connectivity index (χ1) is 11.4. The molecule has 1 aromatic heterocycles. The summed E-state index contributed by atoms with van der Waals surface area (Å²) >= 11 is 3.52. The van der Waals surface area contributed by atoms with E-state index in [0.717, 1.165) is 40.8 Å². The molecule has 5 nitrogen and oxygen atoms in total. The second-order valence-corrected chi connectivity index (χ2v) is 7.10. The van der Waals surface area contributed by atoms with Gasteiger partial charge in [0.1, 0.15) is 5.54 Å². The van der Waals surface area contributed by atoms with Gasteiger partial charge in [-0.25, -0.2) is 4.68 Å². The Balaban J connectivity index is 1.86. The summed E-state index contributed by atoms with van der Waals surface area (Å²) < 4.78 is 2.84. The molecule has 0 spiro atoms. The molecule has 1 aromatic carbocycles. The Morgan fingerprint density at radius 2 is 1.96 bits per heavy atom. The fraction of sp³-hybridized carbons (Fsp3) is 0.389. The summed E-state index contributed by atoms with van der Waals surface area (Å²) in [5.41, 5.74) is 2.80. The Labute approximate surface area is 150 Å². The van der Waals surface area contributed by atoms with E-state index in [2.05, 4.69) is 27.1 Å². The average Bonchev–Trinajstić information content (AvgIpc) is 2.81. The maximum Gasteiger partial charge on any atom is 0.254 e. The second-order valence-electron chi connectivity index (χ2n) is 6.30. The molecule has 1 saturated carbocycles. The summed E-state index contributed by atoms with van der Waals surface area (Å²) in [5.74, 6) is -0.114. The molecule has 1 amide bonds. The average molecular weight is 387 g/mol. The van der Waals surface area contributed by atoms with E-state index in [1.54, 1.807) is 24.1 Å². The number of halogens is 1. The van der Waals surface area contributed by atoms with Crippen LogP contribution in [0.2, 0.25) is 0 Å². The molecular weight excluding hydrogens is 368 g/mol. The summed E-state index contributed by atoms with van der Waals surface area (Å²) in [5, 5.41) is 13.9. The first-order valence-corrected chi connectivity index (χ1v) is 8.70. The molecule has 24 heavy (non-hydrogen) atoms. The summed E-state index contributed by atoms with van der Waals surface area (Å²) in [6.07, 6.45) is 2.50. The van der Waals surface area contributed by atoms with E-state index < -0.39 is 5.54 Å². The van der Waals surface area contributed by atoms with Crippen LogP contribution in [0.4, 0.5) is 0 Å². The van der Waals surface area contributed by atoms with Gasteiger partial charge in [-0.05, 0) is 73.3 Å². The fourth-order valence-electron chi connectivity index (χ4n) is 3.04. The number of hydrogen-bond donors (Lipinski definition) is 0. The zero-order valence-electron chi connectivity index (χ0n) is 14.0. The molecule has 0 N–H and O–H groups in total. The lowest BCUT2D eigenvalue weighted by Gasteiger charge is -2.42. The number of nitriles is 1. The lowest BCUT2D eigenvalue weighted by molar-refractivity contribution is 0.0497. The monoisotopic (exact) mass is 386 g/mol. The minimum atomic E-state index is -0.629. The van der Waals surface area contributed by atoms with Gasteiger partial charge >= 0.3 is 0 Å². The number of rotatable bonds is 3. The Hall–Kier alpha value is -2.13. The van der Waals surface area contributed by atoms with Crippen molar-refractivity contribution in [2.24, 2.45) is 0 Å². The highest BCUT2D eigenvalue weighted by Crippen LogP contribution is 2.37. The van der Waals surface area contributed by atoms with Crippen LogP contribution in [0.5, 0.6) is 0 Å². The molecule has 0 aliphatic heterocycles. The van der Waals surface area contributed by atoms with Gasteiger partial charge in [0.05, 0.1) is 27.6 Å². The van der Waals surface area contributed by atoms with E-state index in [0.29, 0.717) is 5.56 Å². The molecule has 3 rings (SSSR count). The summed E-state index contributed by atoms with van der Waals surface area (Å²) in [7, 11) is 1.72. The van der Waals surface area contributed by atoms with E-state index in [-0.39, 0.29) is 5.91 Å². The molecule has 0 radical (unpaired) electrons. The first-order valence-electron chi connectivity index (χ1n) is 7.91. The van der Waals surface area contributed by atoms with Crippen molar-refractivity contribution in [3.05, 3.63) is 45.7 Å². The van der Waals surface area contributed by atoms with Gasteiger partial charge in [0.15, 0.2) is 0 Å². The van der Waals surface area contributed by atoms with Crippen molar-refractivity contribution in [2.45, 2.75) is 38.6 Å². The molecule has 0 unspecified atom stereocenters. The molecule has 1 heterocycles. The quantitative estimate of drug-likeness (QED) is 0.806. The summed E-state index contributed by atoms with van der Waals surface area (Å²) in [6, 6.07) is 9.66. The van der Waals surface area contributed by atoms with Crippen molar-refractivity contribution < 1.29 is 4.79 Å². The van der Waals surface area contributed by atoms with Crippen molar-refractivity contribution in [1.29, 1.82) is 5.26 Å². The third-order valence-corrected chi connectivity index (χ3v) is 6.04. The van der Waals surface area contributed by atoms with Crippen LogP contribution in [-0.2, 0) is 0 Å². The number of benzene rings is 1. The third kappa shape index (κ3) is 2.53. The van der Waals surface area contributed by atoms with Crippen LogP contribution >= 0.6 is 15.9 Å². The lowest BCUT2D eigenvalue weighted by Crippen LogP contribution is -2.53. The van der Waals surface area contributed by atoms with Gasteiger partial charge in [0.25, 0.3) is 5.91 Å². The molecule has 1 aliphatic carbocycles. The third-order valence-electron chi connectivity index (χ3n) is 4.90. The van der Waals surface area contributed by atoms with Crippen LogP contribution in [0, 0.1) is 25.2 Å². The lowest BCUT2D eigenvalue weighted by atomic mass is 9.76. The standard InChI is InChI=1S/C18H19BrN4O/c1-12-16(19)13(2)23(21-12)15-7-5-14(6-8-15)17(24)22(3)18(11-20)9-4-10-18/h5-8H,4,9-10H2,1-3H3. The number of carbonyl (C=O) groups excluding carboxylic acids is 1. The molecule has 1 fully saturated rings. The Kier molecular flexibility index (Phi) is 4.22. The highest BCUT2D eigenvalue weighted by atomic mass is 79.9. The van der Waals surface area contributed by atoms with E-state index in [1.165, 1.54) is 0 Å². The van der Waals surface area contributed by atoms with Crippen molar-refractivity contribution in [1.82, 2.24) is 14.7 Å². The van der Waals surface area contributed by atoms with E-state index in [9.17, 15) is 10.1 Å². The molecular formula is C18H19BrN4O. The molecule has 0 bridgehead atoms. The molecule has 2 aromatic rings. The Bertz CT molecular complexity index is 828. The fourth-order valence-corrected chi connectivity index (χ4v) is 3.29. The number of aryl methyl sites for hydroxylation is 1. The van der Waals surface area contributed by atoms with Gasteiger partial charge in [0.2, 0.25) is 0 Å². The van der Waals surface area contributed by atoms with Crippen molar-refractivity contribution in [3.63, 3.8) is 0 Å². The largest absolute Gasteiger partial charge is 0.323 e. The minimum absolute atomic E-state index is 0.114. The van der Waals surface area contributed by atoms with Crippen LogP contribution < -0.4 is 0 Å². The molecule has 0 saturated heterocycles. The summed E-state index contributed by atoms with van der Waals surface area (Å²) in [4.78, 5) is 14.2. The van der Waals surface area contributed by atoms with Crippen molar-refractivity contribution in [3.8, 4) is 11.8 Å². The minimum Gasteiger partial charge on any atom is -0.323 e. The molecule has 1 aliphatic rings.